The van der Waals surface area contributed by atoms with Crippen LogP contribution in [-0.4, -0.2) is 52.4 Å². The maximum atomic E-state index is 12.4. The molecule has 1 aliphatic heterocycles. The Kier molecular flexibility index (Phi) is 3.35. The molecule has 1 fully saturated rings. The van der Waals surface area contributed by atoms with E-state index in [1.54, 1.807) is 6.20 Å². The van der Waals surface area contributed by atoms with E-state index in [2.05, 4.69) is 21.9 Å². The number of imidazole rings is 1. The molecule has 2 aromatic rings. The van der Waals surface area contributed by atoms with Crippen LogP contribution in [0, 0.1) is 0 Å². The molecule has 1 saturated heterocycles. The highest BCUT2D eigenvalue weighted by atomic mass is 32.1. The second-order valence-electron chi connectivity index (χ2n) is 4.70. The molecule has 3 rings (SSSR count). The van der Waals surface area contributed by atoms with E-state index in [1.807, 2.05) is 28.6 Å². The summed E-state index contributed by atoms with van der Waals surface area (Å²) in [5.74, 6) is 1.05. The topological polar surface area (TPSA) is 52.2 Å². The van der Waals surface area contributed by atoms with Crippen LogP contribution in [0.2, 0.25) is 0 Å². The highest BCUT2D eigenvalue weighted by Gasteiger charge is 2.30. The molecule has 5 nitrogen and oxygen atoms in total. The van der Waals surface area contributed by atoms with Gasteiger partial charge in [0.05, 0.1) is 10.9 Å². The van der Waals surface area contributed by atoms with E-state index in [-0.39, 0.29) is 11.9 Å². The van der Waals surface area contributed by atoms with Gasteiger partial charge < -0.3 is 9.88 Å². The number of hydrogen-bond donors (Lipinski definition) is 1. The number of likely N-dealkylation sites (N-methyl/N-ethyl adjacent to an activating group) is 1. The third-order valence-corrected chi connectivity index (χ3v) is 4.36. The molecule has 1 N–H and O–H groups in total. The lowest BCUT2D eigenvalue weighted by Crippen LogP contribution is -2.49. The van der Waals surface area contributed by atoms with Crippen molar-refractivity contribution >= 4 is 17.2 Å². The molecule has 6 heteroatoms. The van der Waals surface area contributed by atoms with Gasteiger partial charge in [0.2, 0.25) is 0 Å². The summed E-state index contributed by atoms with van der Waals surface area (Å²) in [6.45, 7) is 2.31. The fourth-order valence-electron chi connectivity index (χ4n) is 2.37. The number of H-pyrrole nitrogens is 1. The fraction of sp³-hybridized carbons (Fsp3) is 0.385. The summed E-state index contributed by atoms with van der Waals surface area (Å²) in [6, 6.07) is 3.94. The van der Waals surface area contributed by atoms with Crippen LogP contribution >= 0.6 is 11.3 Å². The molecule has 0 aromatic carbocycles. The summed E-state index contributed by atoms with van der Waals surface area (Å²) in [5, 5.41) is 1.94. The van der Waals surface area contributed by atoms with Crippen LogP contribution in [0.3, 0.4) is 0 Å². The van der Waals surface area contributed by atoms with Crippen molar-refractivity contribution in [2.45, 2.75) is 6.04 Å². The van der Waals surface area contributed by atoms with Gasteiger partial charge in [-0.2, -0.15) is 0 Å². The maximum Gasteiger partial charge on any atom is 0.264 e. The fourth-order valence-corrected chi connectivity index (χ4v) is 3.06. The van der Waals surface area contributed by atoms with E-state index >= 15 is 0 Å². The smallest absolute Gasteiger partial charge is 0.264 e. The number of piperazine rings is 1. The first-order chi connectivity index (χ1) is 9.25. The minimum Gasteiger partial charge on any atom is -0.347 e. The normalized spacial score (nSPS) is 20.7. The Morgan fingerprint density at radius 1 is 1.53 bits per heavy atom. The van der Waals surface area contributed by atoms with Gasteiger partial charge in [-0.05, 0) is 18.5 Å². The molecule has 1 aliphatic rings. The third-order valence-electron chi connectivity index (χ3n) is 3.50. The Labute approximate surface area is 115 Å². The highest BCUT2D eigenvalue weighted by molar-refractivity contribution is 7.12. The number of amides is 1. The van der Waals surface area contributed by atoms with E-state index < -0.39 is 0 Å². The van der Waals surface area contributed by atoms with Crippen molar-refractivity contribution in [2.75, 3.05) is 26.7 Å². The van der Waals surface area contributed by atoms with Crippen molar-refractivity contribution < 1.29 is 4.79 Å². The predicted octanol–water partition coefficient (Wildman–Crippen LogP) is 1.60. The number of hydrogen-bond acceptors (Lipinski definition) is 4. The van der Waals surface area contributed by atoms with E-state index in [0.717, 1.165) is 23.8 Å². The van der Waals surface area contributed by atoms with Gasteiger partial charge in [0.25, 0.3) is 5.91 Å². The largest absolute Gasteiger partial charge is 0.347 e. The first kappa shape index (κ1) is 12.4. The van der Waals surface area contributed by atoms with Gasteiger partial charge in [-0.3, -0.25) is 9.69 Å². The number of carbonyl (C=O) groups excluding carboxylic acids is 1. The standard InChI is InChI=1S/C13H16N4OS/c1-16-6-7-17(13(18)11-3-2-8-19-11)9-10(16)12-14-4-5-15-12/h2-5,8,10H,6-7,9H2,1H3,(H,14,15). The number of aromatic nitrogens is 2. The zero-order valence-electron chi connectivity index (χ0n) is 10.7. The number of nitrogens with zero attached hydrogens (tertiary/aromatic N) is 3. The second kappa shape index (κ2) is 5.14. The summed E-state index contributed by atoms with van der Waals surface area (Å²) in [4.78, 5) is 24.8. The summed E-state index contributed by atoms with van der Waals surface area (Å²) >= 11 is 1.50. The monoisotopic (exact) mass is 276 g/mol. The first-order valence-corrected chi connectivity index (χ1v) is 7.16. The number of rotatable bonds is 2. The molecule has 100 valence electrons. The summed E-state index contributed by atoms with van der Waals surface area (Å²) in [6.07, 6.45) is 3.58. The van der Waals surface area contributed by atoms with Gasteiger partial charge in [-0.15, -0.1) is 11.3 Å². The van der Waals surface area contributed by atoms with Crippen molar-refractivity contribution in [3.63, 3.8) is 0 Å². The van der Waals surface area contributed by atoms with Crippen molar-refractivity contribution in [2.24, 2.45) is 0 Å². The summed E-state index contributed by atoms with van der Waals surface area (Å²) in [7, 11) is 2.07. The highest BCUT2D eigenvalue weighted by Crippen LogP contribution is 2.23. The predicted molar refractivity (Wildman–Crippen MR) is 74.2 cm³/mol. The van der Waals surface area contributed by atoms with Crippen LogP contribution in [0.5, 0.6) is 0 Å². The van der Waals surface area contributed by atoms with Crippen molar-refractivity contribution in [1.29, 1.82) is 0 Å². The Hall–Kier alpha value is -1.66. The Bertz CT molecular complexity index is 537. The van der Waals surface area contributed by atoms with Crippen LogP contribution in [-0.2, 0) is 0 Å². The van der Waals surface area contributed by atoms with E-state index in [9.17, 15) is 4.79 Å². The van der Waals surface area contributed by atoms with Gasteiger partial charge in [-0.25, -0.2) is 4.98 Å². The number of thiophene rings is 1. The van der Waals surface area contributed by atoms with Gasteiger partial charge >= 0.3 is 0 Å². The molecular formula is C13H16N4OS. The molecule has 0 aliphatic carbocycles. The Morgan fingerprint density at radius 2 is 2.42 bits per heavy atom. The van der Waals surface area contributed by atoms with Crippen molar-refractivity contribution in [3.05, 3.63) is 40.6 Å². The van der Waals surface area contributed by atoms with E-state index in [1.165, 1.54) is 11.3 Å². The average molecular weight is 276 g/mol. The molecular weight excluding hydrogens is 260 g/mol. The van der Waals surface area contributed by atoms with Crippen LogP contribution in [0.15, 0.2) is 29.9 Å². The van der Waals surface area contributed by atoms with Crippen LogP contribution in [0.1, 0.15) is 21.5 Å². The molecule has 3 heterocycles. The van der Waals surface area contributed by atoms with E-state index in [4.69, 9.17) is 0 Å². The maximum absolute atomic E-state index is 12.4. The second-order valence-corrected chi connectivity index (χ2v) is 5.65. The molecule has 0 radical (unpaired) electrons. The van der Waals surface area contributed by atoms with Gasteiger partial charge in [-0.1, -0.05) is 6.07 Å². The molecule has 0 bridgehead atoms. The quantitative estimate of drug-likeness (QED) is 0.906. The molecule has 0 spiro atoms. The van der Waals surface area contributed by atoms with Crippen LogP contribution in [0.4, 0.5) is 0 Å². The number of nitrogens with one attached hydrogen (secondary N) is 1. The van der Waals surface area contributed by atoms with Gasteiger partial charge in [0.1, 0.15) is 5.82 Å². The van der Waals surface area contributed by atoms with Crippen LogP contribution < -0.4 is 0 Å². The van der Waals surface area contributed by atoms with Gasteiger partial charge in [0.15, 0.2) is 0 Å². The zero-order valence-corrected chi connectivity index (χ0v) is 11.6. The SMILES string of the molecule is CN1CCN(C(=O)c2cccs2)CC1c1ncc[nH]1. The molecule has 1 atom stereocenters. The molecule has 0 saturated carbocycles. The molecule has 19 heavy (non-hydrogen) atoms. The lowest BCUT2D eigenvalue weighted by Gasteiger charge is -2.38. The lowest BCUT2D eigenvalue weighted by atomic mass is 10.1. The van der Waals surface area contributed by atoms with Crippen LogP contribution in [0.25, 0.3) is 0 Å². The number of aromatic amines is 1. The molecule has 2 aromatic heterocycles. The lowest BCUT2D eigenvalue weighted by molar-refractivity contribution is 0.0539. The van der Waals surface area contributed by atoms with Crippen molar-refractivity contribution in [1.82, 2.24) is 19.8 Å². The number of carbonyl (C=O) groups is 1. The minimum atomic E-state index is 0.125. The third kappa shape index (κ3) is 2.41. The Balaban J connectivity index is 1.77. The van der Waals surface area contributed by atoms with Gasteiger partial charge in [0, 0.05) is 32.0 Å². The Morgan fingerprint density at radius 3 is 3.11 bits per heavy atom. The minimum absolute atomic E-state index is 0.125. The zero-order chi connectivity index (χ0) is 13.2. The average Bonchev–Trinajstić information content (AvgIpc) is 3.12. The summed E-state index contributed by atoms with van der Waals surface area (Å²) < 4.78 is 0. The molecule has 1 amide bonds. The van der Waals surface area contributed by atoms with E-state index in [0.29, 0.717) is 6.54 Å². The molecule has 1 unspecified atom stereocenters. The van der Waals surface area contributed by atoms with Crippen molar-refractivity contribution in [3.8, 4) is 0 Å². The summed E-state index contributed by atoms with van der Waals surface area (Å²) in [5.41, 5.74) is 0. The first-order valence-electron chi connectivity index (χ1n) is 6.28.